The lowest BCUT2D eigenvalue weighted by Crippen LogP contribution is -2.46. The van der Waals surface area contributed by atoms with Crippen molar-refractivity contribution in [3.8, 4) is 0 Å². The van der Waals surface area contributed by atoms with Gasteiger partial charge in [-0.15, -0.1) is 11.8 Å². The summed E-state index contributed by atoms with van der Waals surface area (Å²) in [7, 11) is 0. The van der Waals surface area contributed by atoms with Gasteiger partial charge in [-0.3, -0.25) is 19.4 Å². The Kier molecular flexibility index (Phi) is 6.86. The number of rotatable bonds is 5. The van der Waals surface area contributed by atoms with Crippen LogP contribution in [0.2, 0.25) is 0 Å². The van der Waals surface area contributed by atoms with Gasteiger partial charge in [-0.05, 0) is 37.1 Å². The van der Waals surface area contributed by atoms with Crippen molar-refractivity contribution in [1.82, 2.24) is 15.2 Å². The maximum Gasteiger partial charge on any atom is 0.253 e. The Balaban J connectivity index is 1.22. The van der Waals surface area contributed by atoms with Crippen LogP contribution in [0.3, 0.4) is 0 Å². The summed E-state index contributed by atoms with van der Waals surface area (Å²) in [6, 6.07) is 11.4. The molecular formula is C23H26N4O3S. The molecule has 162 valence electrons. The van der Waals surface area contributed by atoms with Crippen LogP contribution >= 0.6 is 11.8 Å². The molecule has 31 heavy (non-hydrogen) atoms. The molecule has 1 N–H and O–H groups in total. The number of amides is 3. The zero-order valence-corrected chi connectivity index (χ0v) is 18.1. The van der Waals surface area contributed by atoms with Gasteiger partial charge >= 0.3 is 0 Å². The first kappa shape index (κ1) is 21.4. The van der Waals surface area contributed by atoms with Crippen molar-refractivity contribution in [2.24, 2.45) is 0 Å². The predicted molar refractivity (Wildman–Crippen MR) is 120 cm³/mol. The van der Waals surface area contributed by atoms with Crippen LogP contribution in [0.4, 0.5) is 5.69 Å². The number of fused-ring (bicyclic) bond motifs is 1. The molecule has 1 aromatic carbocycles. The third kappa shape index (κ3) is 5.25. The smallest absolute Gasteiger partial charge is 0.253 e. The number of thioether (sulfide) groups is 1. The molecule has 2 aromatic rings. The van der Waals surface area contributed by atoms with Crippen LogP contribution in [0.15, 0.2) is 53.7 Å². The van der Waals surface area contributed by atoms with Crippen molar-refractivity contribution in [2.75, 3.05) is 30.3 Å². The fourth-order valence-corrected chi connectivity index (χ4v) is 4.98. The van der Waals surface area contributed by atoms with E-state index in [4.69, 9.17) is 0 Å². The minimum atomic E-state index is -0.105. The molecule has 0 radical (unpaired) electrons. The Morgan fingerprint density at radius 2 is 1.74 bits per heavy atom. The number of carbonyl (C=O) groups excluding carboxylic acids is 3. The molecule has 1 saturated heterocycles. The van der Waals surface area contributed by atoms with E-state index < -0.39 is 0 Å². The van der Waals surface area contributed by atoms with Gasteiger partial charge in [-0.25, -0.2) is 0 Å². The number of pyridine rings is 1. The molecular weight excluding hydrogens is 412 g/mol. The summed E-state index contributed by atoms with van der Waals surface area (Å²) in [5.41, 5.74) is 1.57. The summed E-state index contributed by atoms with van der Waals surface area (Å²) >= 11 is 1.75. The molecule has 4 rings (SSSR count). The Labute approximate surface area is 186 Å². The Morgan fingerprint density at radius 1 is 1.00 bits per heavy atom. The van der Waals surface area contributed by atoms with E-state index in [1.807, 2.05) is 29.2 Å². The number of carbonyl (C=O) groups is 3. The van der Waals surface area contributed by atoms with Gasteiger partial charge in [0.2, 0.25) is 11.8 Å². The summed E-state index contributed by atoms with van der Waals surface area (Å²) in [5, 5.41) is 3.03. The highest BCUT2D eigenvalue weighted by atomic mass is 32.2. The second-order valence-electron chi connectivity index (χ2n) is 7.73. The molecule has 0 unspecified atom stereocenters. The van der Waals surface area contributed by atoms with Gasteiger partial charge in [-0.1, -0.05) is 12.1 Å². The Morgan fingerprint density at radius 3 is 2.52 bits per heavy atom. The monoisotopic (exact) mass is 438 g/mol. The highest BCUT2D eigenvalue weighted by molar-refractivity contribution is 7.99. The lowest BCUT2D eigenvalue weighted by molar-refractivity contribution is -0.125. The van der Waals surface area contributed by atoms with Crippen LogP contribution in [-0.2, 0) is 9.59 Å². The van der Waals surface area contributed by atoms with E-state index in [9.17, 15) is 14.4 Å². The first-order chi connectivity index (χ1) is 15.1. The summed E-state index contributed by atoms with van der Waals surface area (Å²) in [6.45, 7) is 1.88. The number of para-hydroxylation sites is 1. The average Bonchev–Trinajstić information content (AvgIpc) is 2.83. The van der Waals surface area contributed by atoms with E-state index in [0.29, 0.717) is 38.0 Å². The van der Waals surface area contributed by atoms with Crippen LogP contribution in [0.25, 0.3) is 0 Å². The standard InChI is InChI=1S/C23H26N4O3S/c28-21(5-6-22(29)27-15-16-31-20-4-2-1-3-19(20)27)25-18-9-13-26(14-10-18)23(30)17-7-11-24-12-8-17/h1-4,7-8,11-12,18H,5-6,9-10,13-16H2,(H,25,28). The normalized spacial score (nSPS) is 16.5. The SMILES string of the molecule is O=C(CCC(=O)N1CCSc2ccccc21)NC1CCN(C(=O)c2ccncc2)CC1. The van der Waals surface area contributed by atoms with E-state index >= 15 is 0 Å². The molecule has 1 aromatic heterocycles. The molecule has 0 saturated carbocycles. The lowest BCUT2D eigenvalue weighted by Gasteiger charge is -2.32. The molecule has 0 spiro atoms. The minimum absolute atomic E-state index is 0.00208. The highest BCUT2D eigenvalue weighted by Gasteiger charge is 2.26. The summed E-state index contributed by atoms with van der Waals surface area (Å²) in [6.07, 6.45) is 5.04. The molecule has 0 aliphatic carbocycles. The van der Waals surface area contributed by atoms with Gasteiger partial charge in [0.15, 0.2) is 0 Å². The molecule has 1 fully saturated rings. The van der Waals surface area contributed by atoms with Crippen molar-refractivity contribution in [2.45, 2.75) is 36.6 Å². The molecule has 3 amide bonds. The Hall–Kier alpha value is -2.87. The van der Waals surface area contributed by atoms with Gasteiger partial charge in [0.25, 0.3) is 5.91 Å². The fourth-order valence-electron chi connectivity index (χ4n) is 3.99. The second-order valence-corrected chi connectivity index (χ2v) is 8.87. The highest BCUT2D eigenvalue weighted by Crippen LogP contribution is 2.34. The molecule has 0 atom stereocenters. The summed E-state index contributed by atoms with van der Waals surface area (Å²) < 4.78 is 0. The quantitative estimate of drug-likeness (QED) is 0.776. The summed E-state index contributed by atoms with van der Waals surface area (Å²) in [5.74, 6) is 0.747. The maximum absolute atomic E-state index is 12.7. The van der Waals surface area contributed by atoms with Crippen LogP contribution in [0, 0.1) is 0 Å². The predicted octanol–water partition coefficient (Wildman–Crippen LogP) is 2.72. The fraction of sp³-hybridized carbons (Fsp3) is 0.391. The number of likely N-dealkylation sites (tertiary alicyclic amines) is 1. The minimum Gasteiger partial charge on any atom is -0.353 e. The first-order valence-corrected chi connectivity index (χ1v) is 11.6. The van der Waals surface area contributed by atoms with Crippen molar-refractivity contribution in [1.29, 1.82) is 0 Å². The van der Waals surface area contributed by atoms with Crippen LogP contribution in [0.1, 0.15) is 36.0 Å². The molecule has 2 aliphatic rings. The third-order valence-electron chi connectivity index (χ3n) is 5.67. The second kappa shape index (κ2) is 9.96. The summed E-state index contributed by atoms with van der Waals surface area (Å²) in [4.78, 5) is 46.3. The van der Waals surface area contributed by atoms with E-state index in [1.165, 1.54) is 0 Å². The molecule has 2 aliphatic heterocycles. The van der Waals surface area contributed by atoms with Crippen molar-refractivity contribution in [3.05, 3.63) is 54.4 Å². The van der Waals surface area contributed by atoms with Crippen LogP contribution in [-0.4, -0.2) is 59.0 Å². The largest absolute Gasteiger partial charge is 0.353 e. The zero-order valence-electron chi connectivity index (χ0n) is 17.3. The molecule has 7 nitrogen and oxygen atoms in total. The number of hydrogen-bond donors (Lipinski definition) is 1. The first-order valence-electron chi connectivity index (χ1n) is 10.6. The van der Waals surface area contributed by atoms with Crippen LogP contribution < -0.4 is 10.2 Å². The maximum atomic E-state index is 12.7. The number of aromatic nitrogens is 1. The van der Waals surface area contributed by atoms with Crippen molar-refractivity contribution >= 4 is 35.2 Å². The van der Waals surface area contributed by atoms with Gasteiger partial charge in [0.1, 0.15) is 0 Å². The van der Waals surface area contributed by atoms with Crippen LogP contribution in [0.5, 0.6) is 0 Å². The average molecular weight is 439 g/mol. The van der Waals surface area contributed by atoms with E-state index in [2.05, 4.69) is 10.3 Å². The Bertz CT molecular complexity index is 945. The number of nitrogens with zero attached hydrogens (tertiary/aromatic N) is 3. The lowest BCUT2D eigenvalue weighted by atomic mass is 10.0. The number of piperidine rings is 1. The molecule has 3 heterocycles. The van der Waals surface area contributed by atoms with Gasteiger partial charge in [0, 0.05) is 67.1 Å². The molecule has 0 bridgehead atoms. The number of anilines is 1. The topological polar surface area (TPSA) is 82.6 Å². The van der Waals surface area contributed by atoms with Crippen molar-refractivity contribution in [3.63, 3.8) is 0 Å². The van der Waals surface area contributed by atoms with E-state index in [-0.39, 0.29) is 36.6 Å². The van der Waals surface area contributed by atoms with Gasteiger partial charge in [0.05, 0.1) is 5.69 Å². The van der Waals surface area contributed by atoms with Gasteiger partial charge < -0.3 is 15.1 Å². The number of benzene rings is 1. The molecule has 8 heteroatoms. The van der Waals surface area contributed by atoms with Gasteiger partial charge in [-0.2, -0.15) is 0 Å². The third-order valence-corrected chi connectivity index (χ3v) is 6.71. The van der Waals surface area contributed by atoms with E-state index in [0.717, 1.165) is 16.3 Å². The zero-order chi connectivity index (χ0) is 21.6. The van der Waals surface area contributed by atoms with E-state index in [1.54, 1.807) is 41.2 Å². The van der Waals surface area contributed by atoms with Crippen molar-refractivity contribution < 1.29 is 14.4 Å². The number of hydrogen-bond acceptors (Lipinski definition) is 5. The number of nitrogens with one attached hydrogen (secondary N) is 1.